The zero-order chi connectivity index (χ0) is 11.4. The first kappa shape index (κ1) is 11.7. The van der Waals surface area contributed by atoms with E-state index in [0.717, 1.165) is 17.8 Å². The summed E-state index contributed by atoms with van der Waals surface area (Å²) < 4.78 is 2.19. The van der Waals surface area contributed by atoms with E-state index in [0.29, 0.717) is 6.04 Å². The Labute approximate surface area is 91.6 Å². The van der Waals surface area contributed by atoms with E-state index >= 15 is 0 Å². The number of hydrogen-bond acceptors (Lipinski definition) is 2. The molecule has 0 aliphatic rings. The zero-order valence-corrected chi connectivity index (χ0v) is 9.99. The van der Waals surface area contributed by atoms with Gasteiger partial charge in [0.1, 0.15) is 5.69 Å². The number of imidazole rings is 1. The van der Waals surface area contributed by atoms with Crippen LogP contribution in [-0.4, -0.2) is 15.3 Å². The average molecular weight is 205 g/mol. The Bertz CT molecular complexity index is 374. The molecular formula is C12H19N3. The van der Waals surface area contributed by atoms with Crippen LogP contribution >= 0.6 is 0 Å². The maximum absolute atomic E-state index is 4.39. The summed E-state index contributed by atoms with van der Waals surface area (Å²) in [5.74, 6) is 0. The van der Waals surface area contributed by atoms with Crippen LogP contribution in [0.2, 0.25) is 0 Å². The largest absolute Gasteiger partial charge is 0.331 e. The number of aliphatic imine (C=N–C) groups is 1. The summed E-state index contributed by atoms with van der Waals surface area (Å²) in [6.45, 7) is 12.0. The minimum absolute atomic E-state index is 0.489. The Balaban J connectivity index is 3.09. The fourth-order valence-electron chi connectivity index (χ4n) is 1.62. The van der Waals surface area contributed by atoms with Crippen LogP contribution in [0.4, 0.5) is 0 Å². The lowest BCUT2D eigenvalue weighted by Crippen LogP contribution is -2.06. The molecule has 15 heavy (non-hydrogen) atoms. The van der Waals surface area contributed by atoms with Crippen molar-refractivity contribution in [3.8, 4) is 0 Å². The van der Waals surface area contributed by atoms with Crippen molar-refractivity contribution in [2.24, 2.45) is 4.99 Å². The highest BCUT2D eigenvalue weighted by Gasteiger charge is 2.11. The van der Waals surface area contributed by atoms with Gasteiger partial charge in [-0.05, 0) is 27.2 Å². The normalized spacial score (nSPS) is 14.0. The summed E-state index contributed by atoms with van der Waals surface area (Å²) in [6, 6.07) is 0.489. The quantitative estimate of drug-likeness (QED) is 0.695. The third-order valence-electron chi connectivity index (χ3n) is 2.73. The molecule has 0 aliphatic carbocycles. The second kappa shape index (κ2) is 4.91. The molecule has 0 spiro atoms. The molecule has 3 nitrogen and oxygen atoms in total. The van der Waals surface area contributed by atoms with E-state index in [1.54, 1.807) is 6.20 Å². The van der Waals surface area contributed by atoms with Crippen molar-refractivity contribution in [3.05, 3.63) is 30.5 Å². The van der Waals surface area contributed by atoms with Crippen molar-refractivity contribution in [3.63, 3.8) is 0 Å². The van der Waals surface area contributed by atoms with Crippen molar-refractivity contribution in [2.75, 3.05) is 0 Å². The van der Waals surface area contributed by atoms with Gasteiger partial charge in [0.2, 0.25) is 0 Å². The highest BCUT2D eigenvalue weighted by Crippen LogP contribution is 2.16. The molecule has 0 radical (unpaired) electrons. The molecule has 1 aromatic heterocycles. The van der Waals surface area contributed by atoms with Gasteiger partial charge in [0.15, 0.2) is 0 Å². The molecule has 0 amide bonds. The molecule has 1 aromatic rings. The van der Waals surface area contributed by atoms with E-state index in [-0.39, 0.29) is 0 Å². The lowest BCUT2D eigenvalue weighted by atomic mass is 10.2. The zero-order valence-electron chi connectivity index (χ0n) is 9.99. The SMILES string of the molecule is C=CN=C(C)c1ncn(C(C)CC)c1C. The van der Waals surface area contributed by atoms with Crippen molar-refractivity contribution >= 4 is 5.71 Å². The first-order valence-corrected chi connectivity index (χ1v) is 5.30. The highest BCUT2D eigenvalue weighted by atomic mass is 15.1. The maximum Gasteiger partial charge on any atom is 0.105 e. The second-order valence-corrected chi connectivity index (χ2v) is 3.74. The Morgan fingerprint density at radius 1 is 1.73 bits per heavy atom. The summed E-state index contributed by atoms with van der Waals surface area (Å²) in [7, 11) is 0. The van der Waals surface area contributed by atoms with Gasteiger partial charge in [-0.15, -0.1) is 0 Å². The van der Waals surface area contributed by atoms with Crippen LogP contribution in [-0.2, 0) is 0 Å². The Kier molecular flexibility index (Phi) is 3.83. The molecule has 0 aromatic carbocycles. The molecule has 1 heterocycles. The lowest BCUT2D eigenvalue weighted by molar-refractivity contribution is 0.520. The summed E-state index contributed by atoms with van der Waals surface area (Å²) in [5, 5.41) is 0. The van der Waals surface area contributed by atoms with E-state index in [1.807, 2.05) is 13.3 Å². The molecule has 0 bridgehead atoms. The van der Waals surface area contributed by atoms with Crippen LogP contribution < -0.4 is 0 Å². The molecule has 0 saturated carbocycles. The van der Waals surface area contributed by atoms with Gasteiger partial charge in [-0.1, -0.05) is 13.5 Å². The van der Waals surface area contributed by atoms with Gasteiger partial charge in [0.25, 0.3) is 0 Å². The number of rotatable bonds is 4. The summed E-state index contributed by atoms with van der Waals surface area (Å²) >= 11 is 0. The molecule has 1 rings (SSSR count). The smallest absolute Gasteiger partial charge is 0.105 e. The number of aromatic nitrogens is 2. The van der Waals surface area contributed by atoms with Crippen LogP contribution in [0.1, 0.15) is 44.6 Å². The summed E-state index contributed by atoms with van der Waals surface area (Å²) in [4.78, 5) is 8.55. The van der Waals surface area contributed by atoms with Gasteiger partial charge in [-0.3, -0.25) is 4.99 Å². The van der Waals surface area contributed by atoms with E-state index in [9.17, 15) is 0 Å². The fraction of sp³-hybridized carbons (Fsp3) is 0.500. The van der Waals surface area contributed by atoms with Crippen molar-refractivity contribution < 1.29 is 0 Å². The Morgan fingerprint density at radius 2 is 2.40 bits per heavy atom. The van der Waals surface area contributed by atoms with Gasteiger partial charge in [-0.2, -0.15) is 0 Å². The standard InChI is InChI=1S/C12H19N3/c1-6-9(3)15-8-14-12(11(15)5)10(4)13-7-2/h7-9H,2,6H2,1,3-5H3. The van der Waals surface area contributed by atoms with E-state index in [1.165, 1.54) is 5.69 Å². The van der Waals surface area contributed by atoms with Gasteiger partial charge < -0.3 is 4.57 Å². The van der Waals surface area contributed by atoms with Gasteiger partial charge >= 0.3 is 0 Å². The van der Waals surface area contributed by atoms with Crippen molar-refractivity contribution in [2.45, 2.75) is 40.2 Å². The average Bonchev–Trinajstić information content (AvgIpc) is 2.59. The van der Waals surface area contributed by atoms with Crippen LogP contribution in [0, 0.1) is 6.92 Å². The monoisotopic (exact) mass is 205 g/mol. The molecule has 1 atom stereocenters. The van der Waals surface area contributed by atoms with Crippen LogP contribution in [0.25, 0.3) is 0 Å². The number of nitrogens with zero attached hydrogens (tertiary/aromatic N) is 3. The molecule has 0 saturated heterocycles. The highest BCUT2D eigenvalue weighted by molar-refractivity contribution is 5.98. The van der Waals surface area contributed by atoms with E-state index < -0.39 is 0 Å². The molecule has 1 unspecified atom stereocenters. The third kappa shape index (κ3) is 2.35. The fourth-order valence-corrected chi connectivity index (χ4v) is 1.62. The van der Waals surface area contributed by atoms with E-state index in [4.69, 9.17) is 0 Å². The predicted molar refractivity (Wildman–Crippen MR) is 64.4 cm³/mol. The maximum atomic E-state index is 4.39. The Morgan fingerprint density at radius 3 is 2.93 bits per heavy atom. The van der Waals surface area contributed by atoms with Crippen molar-refractivity contribution in [1.29, 1.82) is 0 Å². The first-order valence-electron chi connectivity index (χ1n) is 5.30. The van der Waals surface area contributed by atoms with Crippen molar-refractivity contribution in [1.82, 2.24) is 9.55 Å². The summed E-state index contributed by atoms with van der Waals surface area (Å²) in [6.07, 6.45) is 4.55. The van der Waals surface area contributed by atoms with Gasteiger partial charge in [0, 0.05) is 17.9 Å². The minimum atomic E-state index is 0.489. The topological polar surface area (TPSA) is 30.2 Å². The summed E-state index contributed by atoms with van der Waals surface area (Å²) in [5.41, 5.74) is 3.06. The molecule has 0 N–H and O–H groups in total. The van der Waals surface area contributed by atoms with Crippen LogP contribution in [0.15, 0.2) is 24.1 Å². The number of hydrogen-bond donors (Lipinski definition) is 0. The van der Waals surface area contributed by atoms with Crippen LogP contribution in [0.5, 0.6) is 0 Å². The van der Waals surface area contributed by atoms with Crippen LogP contribution in [0.3, 0.4) is 0 Å². The van der Waals surface area contributed by atoms with Gasteiger partial charge in [0.05, 0.1) is 12.0 Å². The molecular weight excluding hydrogens is 186 g/mol. The third-order valence-corrected chi connectivity index (χ3v) is 2.73. The molecule has 3 heteroatoms. The predicted octanol–water partition coefficient (Wildman–Crippen LogP) is 3.12. The molecule has 0 aliphatic heterocycles. The minimum Gasteiger partial charge on any atom is -0.331 e. The van der Waals surface area contributed by atoms with Gasteiger partial charge in [-0.25, -0.2) is 4.98 Å². The van der Waals surface area contributed by atoms with E-state index in [2.05, 4.69) is 41.9 Å². The molecule has 82 valence electrons. The lowest BCUT2D eigenvalue weighted by Gasteiger charge is -2.12. The first-order chi connectivity index (χ1) is 7.11. The molecule has 0 fully saturated rings. The Hall–Kier alpha value is -1.38. The second-order valence-electron chi connectivity index (χ2n) is 3.74.